The van der Waals surface area contributed by atoms with E-state index in [1.807, 2.05) is 0 Å². The highest BCUT2D eigenvalue weighted by molar-refractivity contribution is 9.10. The fourth-order valence-electron chi connectivity index (χ4n) is 1.05. The van der Waals surface area contributed by atoms with Crippen LogP contribution in [0.2, 0.25) is 0 Å². The molecule has 0 aromatic heterocycles. The average Bonchev–Trinajstić information content (AvgIpc) is 2.23. The first kappa shape index (κ1) is 14.1. The third-order valence-corrected chi connectivity index (χ3v) is 2.44. The lowest BCUT2D eigenvalue weighted by atomic mass is 10.3. The van der Waals surface area contributed by atoms with Crippen molar-refractivity contribution in [2.75, 3.05) is 11.9 Å². The molecule has 1 aromatic rings. The zero-order chi connectivity index (χ0) is 13.0. The number of amides is 1. The van der Waals surface area contributed by atoms with Crippen LogP contribution in [0.4, 0.5) is 14.5 Å². The Kier molecular flexibility index (Phi) is 5.02. The van der Waals surface area contributed by atoms with Crippen molar-refractivity contribution < 1.29 is 18.3 Å². The van der Waals surface area contributed by atoms with Gasteiger partial charge in [-0.25, -0.2) is 8.78 Å². The molecule has 0 saturated heterocycles. The maximum absolute atomic E-state index is 13.3. The molecule has 94 valence electrons. The first-order valence-electron chi connectivity index (χ1n) is 4.96. The lowest BCUT2D eigenvalue weighted by Gasteiger charge is -2.09. The molecule has 0 radical (unpaired) electrons. The van der Waals surface area contributed by atoms with Crippen molar-refractivity contribution in [2.45, 2.75) is 20.0 Å². The van der Waals surface area contributed by atoms with Crippen molar-refractivity contribution in [1.29, 1.82) is 0 Å². The molecule has 1 N–H and O–H groups in total. The Labute approximate surface area is 106 Å². The predicted molar refractivity (Wildman–Crippen MR) is 63.8 cm³/mol. The van der Waals surface area contributed by atoms with Crippen LogP contribution in [0.3, 0.4) is 0 Å². The third kappa shape index (κ3) is 4.40. The van der Waals surface area contributed by atoms with Crippen molar-refractivity contribution in [3.63, 3.8) is 0 Å². The molecule has 0 heterocycles. The molecular formula is C11H12BrF2NO2. The standard InChI is InChI=1S/C11H12BrF2NO2/c1-6(2)17-5-11(16)15-10-4-8(13)7(12)3-9(10)14/h3-4,6H,5H2,1-2H3,(H,15,16). The molecule has 0 bridgehead atoms. The van der Waals surface area contributed by atoms with Gasteiger partial charge in [-0.05, 0) is 35.8 Å². The van der Waals surface area contributed by atoms with E-state index in [2.05, 4.69) is 21.2 Å². The minimum atomic E-state index is -0.712. The molecular weight excluding hydrogens is 296 g/mol. The average molecular weight is 308 g/mol. The molecule has 0 unspecified atom stereocenters. The molecule has 0 atom stereocenters. The van der Waals surface area contributed by atoms with Gasteiger partial charge in [0, 0.05) is 6.07 Å². The fraction of sp³-hybridized carbons (Fsp3) is 0.364. The van der Waals surface area contributed by atoms with Crippen LogP contribution in [0.1, 0.15) is 13.8 Å². The van der Waals surface area contributed by atoms with Crippen LogP contribution in [0, 0.1) is 11.6 Å². The summed E-state index contributed by atoms with van der Waals surface area (Å²) in [6, 6.07) is 1.86. The summed E-state index contributed by atoms with van der Waals surface area (Å²) < 4.78 is 31.5. The van der Waals surface area contributed by atoms with Gasteiger partial charge in [0.25, 0.3) is 0 Å². The number of ether oxygens (including phenoxy) is 1. The maximum Gasteiger partial charge on any atom is 0.250 e. The third-order valence-electron chi connectivity index (χ3n) is 1.83. The number of hydrogen-bond acceptors (Lipinski definition) is 2. The van der Waals surface area contributed by atoms with Gasteiger partial charge in [-0.2, -0.15) is 0 Å². The lowest BCUT2D eigenvalue weighted by molar-refractivity contribution is -0.121. The quantitative estimate of drug-likeness (QED) is 0.868. The Morgan fingerprint density at radius 2 is 2.06 bits per heavy atom. The van der Waals surface area contributed by atoms with Crippen LogP contribution in [-0.2, 0) is 9.53 Å². The Bertz CT molecular complexity index is 424. The second-order valence-corrected chi connectivity index (χ2v) is 4.51. The summed E-state index contributed by atoms with van der Waals surface area (Å²) in [5.74, 6) is -1.89. The number of carbonyl (C=O) groups is 1. The molecule has 6 heteroatoms. The van der Waals surface area contributed by atoms with Crippen LogP contribution in [0.5, 0.6) is 0 Å². The van der Waals surface area contributed by atoms with Gasteiger partial charge in [-0.15, -0.1) is 0 Å². The Morgan fingerprint density at radius 3 is 2.65 bits per heavy atom. The topological polar surface area (TPSA) is 38.3 Å². The van der Waals surface area contributed by atoms with E-state index >= 15 is 0 Å². The monoisotopic (exact) mass is 307 g/mol. The van der Waals surface area contributed by atoms with Crippen LogP contribution in [0.25, 0.3) is 0 Å². The number of nitrogens with one attached hydrogen (secondary N) is 1. The van der Waals surface area contributed by atoms with E-state index in [1.165, 1.54) is 0 Å². The summed E-state index contributed by atoms with van der Waals surface area (Å²) in [5, 5.41) is 2.23. The first-order chi connectivity index (χ1) is 7.90. The molecule has 3 nitrogen and oxygen atoms in total. The maximum atomic E-state index is 13.3. The molecule has 1 aromatic carbocycles. The zero-order valence-electron chi connectivity index (χ0n) is 9.39. The van der Waals surface area contributed by atoms with Gasteiger partial charge in [0.15, 0.2) is 0 Å². The second kappa shape index (κ2) is 6.07. The van der Waals surface area contributed by atoms with Crippen LogP contribution >= 0.6 is 15.9 Å². The molecule has 1 amide bonds. The van der Waals surface area contributed by atoms with E-state index in [9.17, 15) is 13.6 Å². The summed E-state index contributed by atoms with van der Waals surface area (Å²) in [6.07, 6.45) is -0.104. The van der Waals surface area contributed by atoms with Gasteiger partial charge in [-0.1, -0.05) is 0 Å². The minimum Gasteiger partial charge on any atom is -0.369 e. The number of halogens is 3. The number of carbonyl (C=O) groups excluding carboxylic acids is 1. The molecule has 0 aliphatic heterocycles. The SMILES string of the molecule is CC(C)OCC(=O)Nc1cc(F)c(Br)cc1F. The summed E-state index contributed by atoms with van der Waals surface area (Å²) >= 11 is 2.84. The summed E-state index contributed by atoms with van der Waals surface area (Å²) in [4.78, 5) is 11.3. The van der Waals surface area contributed by atoms with Crippen molar-refractivity contribution in [3.8, 4) is 0 Å². The van der Waals surface area contributed by atoms with E-state index in [0.29, 0.717) is 0 Å². The highest BCUT2D eigenvalue weighted by Gasteiger charge is 2.11. The molecule has 0 aliphatic carbocycles. The van der Waals surface area contributed by atoms with Crippen molar-refractivity contribution in [2.24, 2.45) is 0 Å². The van der Waals surface area contributed by atoms with E-state index in [1.54, 1.807) is 13.8 Å². The number of benzene rings is 1. The summed E-state index contributed by atoms with van der Waals surface area (Å²) in [5.41, 5.74) is -0.206. The smallest absolute Gasteiger partial charge is 0.250 e. The largest absolute Gasteiger partial charge is 0.369 e. The number of hydrogen-bond donors (Lipinski definition) is 1. The second-order valence-electron chi connectivity index (χ2n) is 3.65. The molecule has 17 heavy (non-hydrogen) atoms. The fourth-order valence-corrected chi connectivity index (χ4v) is 1.36. The van der Waals surface area contributed by atoms with Crippen LogP contribution < -0.4 is 5.32 Å². The van der Waals surface area contributed by atoms with Gasteiger partial charge in [0.1, 0.15) is 18.2 Å². The molecule has 1 rings (SSSR count). The van der Waals surface area contributed by atoms with Crippen molar-refractivity contribution in [1.82, 2.24) is 0 Å². The van der Waals surface area contributed by atoms with Crippen molar-refractivity contribution in [3.05, 3.63) is 28.2 Å². The minimum absolute atomic E-state index is 0.00595. The Morgan fingerprint density at radius 1 is 1.41 bits per heavy atom. The van der Waals surface area contributed by atoms with Gasteiger partial charge < -0.3 is 10.1 Å². The molecule has 0 saturated carbocycles. The Balaban J connectivity index is 2.68. The number of anilines is 1. The van der Waals surface area contributed by atoms with Crippen molar-refractivity contribution >= 4 is 27.5 Å². The lowest BCUT2D eigenvalue weighted by Crippen LogP contribution is -2.21. The summed E-state index contributed by atoms with van der Waals surface area (Å²) in [7, 11) is 0. The Hall–Kier alpha value is -1.01. The van der Waals surface area contributed by atoms with E-state index in [4.69, 9.17) is 4.74 Å². The van der Waals surface area contributed by atoms with E-state index in [0.717, 1.165) is 12.1 Å². The van der Waals surface area contributed by atoms with Gasteiger partial charge in [-0.3, -0.25) is 4.79 Å². The van der Waals surface area contributed by atoms with Crippen LogP contribution in [0.15, 0.2) is 16.6 Å². The molecule has 0 fully saturated rings. The normalized spacial score (nSPS) is 10.7. The van der Waals surface area contributed by atoms with Gasteiger partial charge in [0.2, 0.25) is 5.91 Å². The van der Waals surface area contributed by atoms with Gasteiger partial charge in [0.05, 0.1) is 16.3 Å². The highest BCUT2D eigenvalue weighted by Crippen LogP contribution is 2.23. The van der Waals surface area contributed by atoms with Gasteiger partial charge >= 0.3 is 0 Å². The highest BCUT2D eigenvalue weighted by atomic mass is 79.9. The number of rotatable bonds is 4. The van der Waals surface area contributed by atoms with Crippen LogP contribution in [-0.4, -0.2) is 18.6 Å². The molecule has 0 aliphatic rings. The molecule has 0 spiro atoms. The summed E-state index contributed by atoms with van der Waals surface area (Å²) in [6.45, 7) is 3.34. The zero-order valence-corrected chi connectivity index (χ0v) is 11.0. The first-order valence-corrected chi connectivity index (χ1v) is 5.75. The predicted octanol–water partition coefficient (Wildman–Crippen LogP) is 3.09. The van der Waals surface area contributed by atoms with E-state index in [-0.39, 0.29) is 22.9 Å². The van der Waals surface area contributed by atoms with E-state index < -0.39 is 17.5 Å².